The minimum Gasteiger partial charge on any atom is -0.415 e. The molecule has 2 fully saturated rings. The first-order chi connectivity index (χ1) is 22.5. The molecule has 0 saturated carbocycles. The number of aliphatic hydroxyl groups excluding tert-OH is 1. The van der Waals surface area contributed by atoms with Gasteiger partial charge in [-0.1, -0.05) is 0 Å². The molecule has 2 saturated heterocycles. The van der Waals surface area contributed by atoms with Gasteiger partial charge in [-0.15, -0.1) is 0 Å². The van der Waals surface area contributed by atoms with E-state index in [4.69, 9.17) is 45.2 Å². The highest BCUT2D eigenvalue weighted by Crippen LogP contribution is 2.38. The second-order valence-electron chi connectivity index (χ2n) is 21.0. The normalized spacial score (nSPS) is 32.4. The SMILES string of the molecule is C[Si](C)(C)OC[C@@H]1O[C@H](O)[C@@H](O[Si](C)(C)C)[C@H](O[Si](C)(C)C)C1O[C@H]1O[C@@H](CO[Si](C)(C)C)[C@@H](O[Si](C)(C)C)[C@@H](O[Si](C)(C)C)[C@@H]1O[Si](C)(C)C. The van der Waals surface area contributed by atoms with Crippen molar-refractivity contribution >= 4 is 58.2 Å². The Morgan fingerprint density at radius 2 is 0.686 bits per heavy atom. The van der Waals surface area contributed by atoms with E-state index in [1.807, 2.05) is 0 Å². The molecule has 0 aromatic rings. The minimum atomic E-state index is -2.23. The Hall–Kier alpha value is 1.08. The fourth-order valence-corrected chi connectivity index (χ4v) is 12.6. The van der Waals surface area contributed by atoms with Crippen molar-refractivity contribution in [1.29, 1.82) is 0 Å². The Bertz CT molecular complexity index is 1070. The summed E-state index contributed by atoms with van der Waals surface area (Å²) in [5, 5.41) is 11.5. The molecular formula is C33H78O11Si7. The van der Waals surface area contributed by atoms with E-state index in [0.717, 1.165) is 0 Å². The molecule has 0 radical (unpaired) electrons. The summed E-state index contributed by atoms with van der Waals surface area (Å²) < 4.78 is 68.5. The zero-order valence-electron chi connectivity index (χ0n) is 36.2. The van der Waals surface area contributed by atoms with Crippen molar-refractivity contribution in [2.45, 2.75) is 199 Å². The minimum absolute atomic E-state index is 0.229. The molecule has 51 heavy (non-hydrogen) atoms. The van der Waals surface area contributed by atoms with Crippen molar-refractivity contribution in [2.24, 2.45) is 0 Å². The second-order valence-corrected chi connectivity index (χ2v) is 52.4. The summed E-state index contributed by atoms with van der Waals surface area (Å²) in [6.45, 7) is 45.9. The third-order valence-electron chi connectivity index (χ3n) is 7.30. The smallest absolute Gasteiger partial charge is 0.186 e. The average molecular weight is 848 g/mol. The first-order valence-corrected chi connectivity index (χ1v) is 42.7. The maximum absolute atomic E-state index is 11.5. The molecule has 0 aliphatic carbocycles. The Balaban J connectivity index is 2.83. The van der Waals surface area contributed by atoms with Gasteiger partial charge in [0.2, 0.25) is 0 Å². The molecule has 0 aromatic carbocycles. The van der Waals surface area contributed by atoms with E-state index in [2.05, 4.69) is 137 Å². The molecule has 18 heteroatoms. The van der Waals surface area contributed by atoms with Crippen LogP contribution in [0.5, 0.6) is 0 Å². The summed E-state index contributed by atoms with van der Waals surface area (Å²) in [4.78, 5) is 0. The van der Waals surface area contributed by atoms with E-state index in [1.54, 1.807) is 0 Å². The Morgan fingerprint density at radius 1 is 0.373 bits per heavy atom. The van der Waals surface area contributed by atoms with E-state index in [-0.39, 0.29) is 6.61 Å². The third-order valence-corrected chi connectivity index (χ3v) is 14.3. The molecular weight excluding hydrogens is 769 g/mol. The Morgan fingerprint density at radius 3 is 1.06 bits per heavy atom. The van der Waals surface area contributed by atoms with E-state index in [1.165, 1.54) is 0 Å². The lowest BCUT2D eigenvalue weighted by atomic mass is 9.97. The van der Waals surface area contributed by atoms with Gasteiger partial charge >= 0.3 is 0 Å². The first-order valence-electron chi connectivity index (χ1n) is 18.8. The summed E-state index contributed by atoms with van der Waals surface area (Å²) in [5.41, 5.74) is 0. The molecule has 2 aliphatic heterocycles. The molecule has 304 valence electrons. The van der Waals surface area contributed by atoms with E-state index in [9.17, 15) is 5.11 Å². The van der Waals surface area contributed by atoms with Gasteiger partial charge in [0.15, 0.2) is 70.8 Å². The fraction of sp³-hybridized carbons (Fsp3) is 1.00. The molecule has 10 atom stereocenters. The van der Waals surface area contributed by atoms with Gasteiger partial charge in [-0.2, -0.15) is 0 Å². The number of hydrogen-bond donors (Lipinski definition) is 1. The topological polar surface area (TPSA) is 113 Å². The van der Waals surface area contributed by atoms with Crippen LogP contribution in [0, 0.1) is 0 Å². The number of ether oxygens (including phenoxy) is 3. The zero-order chi connectivity index (χ0) is 39.8. The maximum Gasteiger partial charge on any atom is 0.186 e. The van der Waals surface area contributed by atoms with Crippen molar-refractivity contribution in [1.82, 2.24) is 0 Å². The van der Waals surface area contributed by atoms with Crippen LogP contribution in [0.1, 0.15) is 0 Å². The van der Waals surface area contributed by atoms with E-state index in [0.29, 0.717) is 6.61 Å². The Labute approximate surface area is 319 Å². The van der Waals surface area contributed by atoms with Gasteiger partial charge in [0.05, 0.1) is 13.2 Å². The lowest BCUT2D eigenvalue weighted by Gasteiger charge is -2.53. The lowest BCUT2D eigenvalue weighted by molar-refractivity contribution is -0.346. The monoisotopic (exact) mass is 846 g/mol. The van der Waals surface area contributed by atoms with Crippen molar-refractivity contribution in [2.75, 3.05) is 13.2 Å². The second kappa shape index (κ2) is 17.7. The predicted molar refractivity (Wildman–Crippen MR) is 224 cm³/mol. The predicted octanol–water partition coefficient (Wildman–Crippen LogP) is 7.62. The summed E-state index contributed by atoms with van der Waals surface area (Å²) in [6.07, 6.45) is -6.86. The number of hydrogen-bond acceptors (Lipinski definition) is 11. The molecule has 0 spiro atoms. The summed E-state index contributed by atoms with van der Waals surface area (Å²) in [5.74, 6) is 0. The van der Waals surface area contributed by atoms with Crippen molar-refractivity contribution in [3.63, 3.8) is 0 Å². The van der Waals surface area contributed by atoms with E-state index < -0.39 is 120 Å². The third kappa shape index (κ3) is 18.3. The van der Waals surface area contributed by atoms with Crippen molar-refractivity contribution in [3.05, 3.63) is 0 Å². The lowest BCUT2D eigenvalue weighted by Crippen LogP contribution is -2.69. The van der Waals surface area contributed by atoms with Gasteiger partial charge in [0.25, 0.3) is 0 Å². The van der Waals surface area contributed by atoms with Crippen LogP contribution in [-0.2, 0) is 45.2 Å². The molecule has 2 aliphatic rings. The molecule has 0 amide bonds. The number of aliphatic hydroxyl groups is 1. The van der Waals surface area contributed by atoms with Crippen LogP contribution in [0.15, 0.2) is 0 Å². The fourth-order valence-electron chi connectivity index (χ4n) is 5.84. The largest absolute Gasteiger partial charge is 0.415 e. The van der Waals surface area contributed by atoms with Gasteiger partial charge < -0.3 is 50.3 Å². The highest BCUT2D eigenvalue weighted by atomic mass is 28.4. The quantitative estimate of drug-likeness (QED) is 0.138. The van der Waals surface area contributed by atoms with Gasteiger partial charge in [0.1, 0.15) is 48.8 Å². The van der Waals surface area contributed by atoms with Crippen molar-refractivity contribution in [3.8, 4) is 0 Å². The van der Waals surface area contributed by atoms with Crippen LogP contribution in [0.3, 0.4) is 0 Å². The van der Waals surface area contributed by atoms with Crippen LogP contribution in [0.25, 0.3) is 0 Å². The average Bonchev–Trinajstić information content (AvgIpc) is 2.84. The van der Waals surface area contributed by atoms with Crippen LogP contribution in [0.2, 0.25) is 137 Å². The van der Waals surface area contributed by atoms with Crippen LogP contribution >= 0.6 is 0 Å². The van der Waals surface area contributed by atoms with Crippen molar-refractivity contribution < 1.29 is 50.3 Å². The molecule has 2 heterocycles. The molecule has 0 bridgehead atoms. The molecule has 1 N–H and O–H groups in total. The molecule has 0 aromatic heterocycles. The van der Waals surface area contributed by atoms with E-state index >= 15 is 0 Å². The highest BCUT2D eigenvalue weighted by Gasteiger charge is 2.56. The molecule has 11 nitrogen and oxygen atoms in total. The standard InChI is InChI=1S/C33H78O11Si7/c1-45(2,3)35-22-24-26(28(41-48(10,11)12)30(32(34)37-24)43-50(16,17)18)39-33-31(44-51(19,20)21)29(42-49(13,14)15)27(40-47(7,8)9)25(38-33)23-36-46(4,5)6/h24-34H,22-23H2,1-21H3/t24-,25-,26?,27+,28+,29+,30-,31-,32-,33+/m0/s1. The van der Waals surface area contributed by atoms with Crippen LogP contribution < -0.4 is 0 Å². The molecule has 1 unspecified atom stereocenters. The van der Waals surface area contributed by atoms with Gasteiger partial charge in [-0.05, 0) is 137 Å². The van der Waals surface area contributed by atoms with Gasteiger partial charge in [-0.3, -0.25) is 0 Å². The summed E-state index contributed by atoms with van der Waals surface area (Å²) in [6, 6.07) is 0. The van der Waals surface area contributed by atoms with Gasteiger partial charge in [0, 0.05) is 0 Å². The van der Waals surface area contributed by atoms with Gasteiger partial charge in [-0.25, -0.2) is 0 Å². The summed E-state index contributed by atoms with van der Waals surface area (Å²) in [7, 11) is -14.9. The maximum atomic E-state index is 11.5. The Kier molecular flexibility index (Phi) is 16.7. The van der Waals surface area contributed by atoms with Crippen LogP contribution in [0.4, 0.5) is 0 Å². The summed E-state index contributed by atoms with van der Waals surface area (Å²) >= 11 is 0. The number of rotatable bonds is 18. The molecule has 2 rings (SSSR count). The first kappa shape index (κ1) is 48.2. The van der Waals surface area contributed by atoms with Crippen LogP contribution in [-0.4, -0.2) is 138 Å². The zero-order valence-corrected chi connectivity index (χ0v) is 43.2. The highest BCUT2D eigenvalue weighted by molar-refractivity contribution is 6.72.